The number of nitrogens with one attached hydrogen (secondary N) is 1. The number of hydrogen-bond acceptors (Lipinski definition) is 3. The fraction of sp³-hybridized carbons (Fsp3) is 0.0769. The van der Waals surface area contributed by atoms with E-state index in [1.54, 1.807) is 37.4 Å². The molecule has 0 aliphatic carbocycles. The first-order chi connectivity index (χ1) is 8.61. The van der Waals surface area contributed by atoms with Crippen molar-refractivity contribution in [1.29, 1.82) is 0 Å². The van der Waals surface area contributed by atoms with Gasteiger partial charge in [-0.1, -0.05) is 6.07 Å². The van der Waals surface area contributed by atoms with E-state index < -0.39 is 0 Å². The average Bonchev–Trinajstić information content (AvgIpc) is 2.36. The lowest BCUT2D eigenvalue weighted by atomic mass is 10.2. The minimum absolute atomic E-state index is 0.345. The third-order valence-electron chi connectivity index (χ3n) is 2.48. The highest BCUT2D eigenvalue weighted by atomic mass is 79.9. The van der Waals surface area contributed by atoms with Crippen molar-refractivity contribution in [3.8, 4) is 5.75 Å². The standard InChI is InChI=1S/C13H12BrFN2O/c1-18-8-5-6-11(16)12(7-8)17-13-9(14)3-2-4-10(13)15/h2-7,17H,16H2,1H3. The molecule has 2 rings (SSSR count). The van der Waals surface area contributed by atoms with E-state index >= 15 is 0 Å². The molecule has 0 unspecified atom stereocenters. The topological polar surface area (TPSA) is 47.3 Å². The van der Waals surface area contributed by atoms with E-state index in [-0.39, 0.29) is 5.82 Å². The molecule has 0 saturated carbocycles. The third-order valence-corrected chi connectivity index (χ3v) is 3.14. The lowest BCUT2D eigenvalue weighted by Gasteiger charge is -2.13. The number of para-hydroxylation sites is 1. The number of ether oxygens (including phenoxy) is 1. The van der Waals surface area contributed by atoms with E-state index in [1.807, 2.05) is 0 Å². The Balaban J connectivity index is 2.39. The number of nitrogens with two attached hydrogens (primary N) is 1. The molecule has 18 heavy (non-hydrogen) atoms. The summed E-state index contributed by atoms with van der Waals surface area (Å²) in [5.74, 6) is 0.297. The second kappa shape index (κ2) is 5.27. The van der Waals surface area contributed by atoms with Crippen molar-refractivity contribution in [1.82, 2.24) is 0 Å². The number of nitrogen functional groups attached to an aromatic ring is 1. The Bertz CT molecular complexity index is 555. The third kappa shape index (κ3) is 2.56. The zero-order chi connectivity index (χ0) is 13.1. The van der Waals surface area contributed by atoms with Gasteiger partial charge in [0.1, 0.15) is 11.6 Å². The molecule has 5 heteroatoms. The van der Waals surface area contributed by atoms with Gasteiger partial charge < -0.3 is 15.8 Å². The molecule has 0 bridgehead atoms. The van der Waals surface area contributed by atoms with Crippen molar-refractivity contribution in [3.05, 3.63) is 46.7 Å². The maximum Gasteiger partial charge on any atom is 0.147 e. The van der Waals surface area contributed by atoms with E-state index in [2.05, 4.69) is 21.2 Å². The van der Waals surface area contributed by atoms with Gasteiger partial charge in [0.25, 0.3) is 0 Å². The number of halogens is 2. The molecule has 0 amide bonds. The van der Waals surface area contributed by atoms with Crippen molar-refractivity contribution < 1.29 is 9.13 Å². The van der Waals surface area contributed by atoms with E-state index in [0.717, 1.165) is 0 Å². The van der Waals surface area contributed by atoms with Gasteiger partial charge in [0.2, 0.25) is 0 Å². The van der Waals surface area contributed by atoms with Gasteiger partial charge in [-0.25, -0.2) is 4.39 Å². The van der Waals surface area contributed by atoms with Crippen LogP contribution in [0.2, 0.25) is 0 Å². The first-order valence-electron chi connectivity index (χ1n) is 5.26. The normalized spacial score (nSPS) is 10.2. The highest BCUT2D eigenvalue weighted by Gasteiger charge is 2.09. The van der Waals surface area contributed by atoms with Crippen LogP contribution >= 0.6 is 15.9 Å². The molecule has 94 valence electrons. The molecule has 3 nitrogen and oxygen atoms in total. The van der Waals surface area contributed by atoms with Crippen molar-refractivity contribution in [2.75, 3.05) is 18.2 Å². The smallest absolute Gasteiger partial charge is 0.147 e. The van der Waals surface area contributed by atoms with Crippen LogP contribution in [0.4, 0.5) is 21.5 Å². The lowest BCUT2D eigenvalue weighted by molar-refractivity contribution is 0.415. The van der Waals surface area contributed by atoms with Crippen LogP contribution in [0.5, 0.6) is 5.75 Å². The predicted octanol–water partition coefficient (Wildman–Crippen LogP) is 3.92. The Morgan fingerprint density at radius 2 is 2.06 bits per heavy atom. The van der Waals surface area contributed by atoms with Gasteiger partial charge in [0.15, 0.2) is 0 Å². The molecule has 0 aliphatic rings. The molecule has 0 aliphatic heterocycles. The van der Waals surface area contributed by atoms with Crippen LogP contribution < -0.4 is 15.8 Å². The van der Waals surface area contributed by atoms with Crippen molar-refractivity contribution >= 4 is 33.0 Å². The zero-order valence-electron chi connectivity index (χ0n) is 9.71. The monoisotopic (exact) mass is 310 g/mol. The Labute approximate surface area is 113 Å². The maximum absolute atomic E-state index is 13.7. The molecule has 0 fully saturated rings. The van der Waals surface area contributed by atoms with Crippen LogP contribution in [-0.4, -0.2) is 7.11 Å². The van der Waals surface area contributed by atoms with Gasteiger partial charge in [-0.05, 0) is 40.2 Å². The van der Waals surface area contributed by atoms with Crippen molar-refractivity contribution in [2.24, 2.45) is 0 Å². The average molecular weight is 311 g/mol. The molecule has 2 aromatic rings. The van der Waals surface area contributed by atoms with Gasteiger partial charge in [0, 0.05) is 10.5 Å². The largest absolute Gasteiger partial charge is 0.497 e. The summed E-state index contributed by atoms with van der Waals surface area (Å²) >= 11 is 3.29. The predicted molar refractivity (Wildman–Crippen MR) is 74.8 cm³/mol. The van der Waals surface area contributed by atoms with Crippen molar-refractivity contribution in [2.45, 2.75) is 0 Å². The Hall–Kier alpha value is -1.75. The van der Waals surface area contributed by atoms with E-state index in [4.69, 9.17) is 10.5 Å². The Morgan fingerprint density at radius 1 is 1.28 bits per heavy atom. The number of benzene rings is 2. The summed E-state index contributed by atoms with van der Waals surface area (Å²) in [6, 6.07) is 9.92. The number of anilines is 3. The van der Waals surface area contributed by atoms with E-state index in [9.17, 15) is 4.39 Å². The number of hydrogen-bond donors (Lipinski definition) is 2. The summed E-state index contributed by atoms with van der Waals surface area (Å²) in [6.07, 6.45) is 0. The Kier molecular flexibility index (Phi) is 3.72. The highest BCUT2D eigenvalue weighted by molar-refractivity contribution is 9.10. The summed E-state index contributed by atoms with van der Waals surface area (Å²) in [5, 5.41) is 2.96. The second-order valence-corrected chi connectivity index (χ2v) is 4.53. The molecule has 0 spiro atoms. The second-order valence-electron chi connectivity index (χ2n) is 3.67. The molecule has 0 heterocycles. The maximum atomic E-state index is 13.7. The summed E-state index contributed by atoms with van der Waals surface area (Å²) in [4.78, 5) is 0. The molecule has 0 aromatic heterocycles. The molecular formula is C13H12BrFN2O. The molecule has 0 radical (unpaired) electrons. The summed E-state index contributed by atoms with van der Waals surface area (Å²) < 4.78 is 19.4. The fourth-order valence-electron chi connectivity index (χ4n) is 1.52. The van der Waals surface area contributed by atoms with Gasteiger partial charge in [-0.3, -0.25) is 0 Å². The van der Waals surface area contributed by atoms with Gasteiger partial charge >= 0.3 is 0 Å². The molecular weight excluding hydrogens is 299 g/mol. The molecule has 3 N–H and O–H groups in total. The first kappa shape index (κ1) is 12.7. The summed E-state index contributed by atoms with van der Waals surface area (Å²) in [7, 11) is 1.56. The van der Waals surface area contributed by atoms with E-state index in [1.165, 1.54) is 6.07 Å². The van der Waals surface area contributed by atoms with Crippen LogP contribution in [0.25, 0.3) is 0 Å². The van der Waals surface area contributed by atoms with Gasteiger partial charge in [-0.15, -0.1) is 0 Å². The van der Waals surface area contributed by atoms with Gasteiger partial charge in [0.05, 0.1) is 24.2 Å². The summed E-state index contributed by atoms with van der Waals surface area (Å²) in [6.45, 7) is 0. The lowest BCUT2D eigenvalue weighted by Crippen LogP contribution is -1.99. The zero-order valence-corrected chi connectivity index (χ0v) is 11.3. The van der Waals surface area contributed by atoms with Crippen LogP contribution in [0.1, 0.15) is 0 Å². The SMILES string of the molecule is COc1ccc(N)c(Nc2c(F)cccc2Br)c1. The minimum atomic E-state index is -0.355. The quantitative estimate of drug-likeness (QED) is 0.845. The van der Waals surface area contributed by atoms with Crippen LogP contribution in [0.15, 0.2) is 40.9 Å². The van der Waals surface area contributed by atoms with E-state index in [0.29, 0.717) is 27.3 Å². The van der Waals surface area contributed by atoms with Crippen LogP contribution in [-0.2, 0) is 0 Å². The first-order valence-corrected chi connectivity index (χ1v) is 6.05. The fourth-order valence-corrected chi connectivity index (χ4v) is 1.96. The summed E-state index contributed by atoms with van der Waals surface area (Å²) in [5.41, 5.74) is 7.30. The van der Waals surface area contributed by atoms with Crippen LogP contribution in [0.3, 0.4) is 0 Å². The van der Waals surface area contributed by atoms with Gasteiger partial charge in [-0.2, -0.15) is 0 Å². The van der Waals surface area contributed by atoms with Crippen LogP contribution in [0, 0.1) is 5.82 Å². The Morgan fingerprint density at radius 3 is 2.72 bits per heavy atom. The molecule has 0 saturated heterocycles. The highest BCUT2D eigenvalue weighted by Crippen LogP contribution is 2.32. The number of rotatable bonds is 3. The minimum Gasteiger partial charge on any atom is -0.497 e. The molecule has 0 atom stereocenters. The van der Waals surface area contributed by atoms with Crippen molar-refractivity contribution in [3.63, 3.8) is 0 Å². The molecule has 2 aromatic carbocycles. The number of methoxy groups -OCH3 is 1.